The van der Waals surface area contributed by atoms with Gasteiger partial charge in [-0.05, 0) is 54.7 Å². The van der Waals surface area contributed by atoms with Gasteiger partial charge in [-0.1, -0.05) is 29.5 Å². The van der Waals surface area contributed by atoms with E-state index in [2.05, 4.69) is 10.3 Å². The molecule has 1 amide bonds. The molecule has 5 nitrogen and oxygen atoms in total. The molecule has 1 saturated carbocycles. The molecule has 1 aliphatic carbocycles. The SMILES string of the molecule is O=C(c1ccc(-c2ccc(F)cc2)cc1)N1CCC(n2cc(C3CC3)nn2)C1. The molecule has 0 spiro atoms. The minimum atomic E-state index is -0.254. The Hall–Kier alpha value is -3.02. The number of carbonyl (C=O) groups is 1. The first-order valence-corrected chi connectivity index (χ1v) is 9.74. The van der Waals surface area contributed by atoms with E-state index in [-0.39, 0.29) is 17.8 Å². The molecule has 1 atom stereocenters. The smallest absolute Gasteiger partial charge is 0.253 e. The molecule has 2 aliphatic rings. The van der Waals surface area contributed by atoms with Crippen LogP contribution in [0.3, 0.4) is 0 Å². The fraction of sp³-hybridized carbons (Fsp3) is 0.318. The fourth-order valence-corrected chi connectivity index (χ4v) is 3.81. The van der Waals surface area contributed by atoms with Crippen LogP contribution in [0.2, 0.25) is 0 Å². The van der Waals surface area contributed by atoms with Gasteiger partial charge in [-0.3, -0.25) is 4.79 Å². The van der Waals surface area contributed by atoms with Crippen LogP contribution in [0, 0.1) is 5.82 Å². The maximum atomic E-state index is 13.1. The molecule has 1 aliphatic heterocycles. The summed E-state index contributed by atoms with van der Waals surface area (Å²) in [5, 5.41) is 8.56. The zero-order valence-electron chi connectivity index (χ0n) is 15.5. The van der Waals surface area contributed by atoms with Gasteiger partial charge >= 0.3 is 0 Å². The van der Waals surface area contributed by atoms with Crippen LogP contribution in [-0.4, -0.2) is 38.9 Å². The number of hydrogen-bond acceptors (Lipinski definition) is 3. The predicted molar refractivity (Wildman–Crippen MR) is 103 cm³/mol. The van der Waals surface area contributed by atoms with E-state index >= 15 is 0 Å². The Bertz CT molecular complexity index is 992. The molecule has 1 unspecified atom stereocenters. The summed E-state index contributed by atoms with van der Waals surface area (Å²) < 4.78 is 15.0. The number of nitrogens with zero attached hydrogens (tertiary/aromatic N) is 4. The Kier molecular flexibility index (Phi) is 4.19. The Morgan fingerprint density at radius 2 is 1.64 bits per heavy atom. The lowest BCUT2D eigenvalue weighted by Crippen LogP contribution is -2.29. The molecule has 6 heteroatoms. The van der Waals surface area contributed by atoms with E-state index in [0.29, 0.717) is 18.0 Å². The van der Waals surface area contributed by atoms with Crippen LogP contribution in [0.4, 0.5) is 4.39 Å². The van der Waals surface area contributed by atoms with E-state index < -0.39 is 0 Å². The lowest BCUT2D eigenvalue weighted by atomic mass is 10.0. The summed E-state index contributed by atoms with van der Waals surface area (Å²) in [4.78, 5) is 14.8. The minimum Gasteiger partial charge on any atom is -0.336 e. The Morgan fingerprint density at radius 1 is 0.964 bits per heavy atom. The third-order valence-corrected chi connectivity index (χ3v) is 5.66. The zero-order chi connectivity index (χ0) is 19.1. The number of aromatic nitrogens is 3. The van der Waals surface area contributed by atoms with Crippen molar-refractivity contribution in [2.45, 2.75) is 31.2 Å². The van der Waals surface area contributed by atoms with Crippen molar-refractivity contribution >= 4 is 5.91 Å². The van der Waals surface area contributed by atoms with Crippen molar-refractivity contribution in [3.8, 4) is 11.1 Å². The Balaban J connectivity index is 1.26. The summed E-state index contributed by atoms with van der Waals surface area (Å²) in [6.07, 6.45) is 5.37. The van der Waals surface area contributed by atoms with E-state index in [1.165, 1.54) is 25.0 Å². The Labute approximate surface area is 162 Å². The maximum Gasteiger partial charge on any atom is 0.253 e. The third kappa shape index (κ3) is 3.30. The van der Waals surface area contributed by atoms with E-state index in [1.54, 1.807) is 12.1 Å². The summed E-state index contributed by atoms with van der Waals surface area (Å²) >= 11 is 0. The van der Waals surface area contributed by atoms with Gasteiger partial charge < -0.3 is 4.90 Å². The summed E-state index contributed by atoms with van der Waals surface area (Å²) in [6, 6.07) is 14.1. The van der Waals surface area contributed by atoms with E-state index in [4.69, 9.17) is 0 Å². The van der Waals surface area contributed by atoms with E-state index in [9.17, 15) is 9.18 Å². The average molecular weight is 376 g/mol. The number of benzene rings is 2. The number of rotatable bonds is 4. The summed E-state index contributed by atoms with van der Waals surface area (Å²) in [7, 11) is 0. The fourth-order valence-electron chi connectivity index (χ4n) is 3.81. The van der Waals surface area contributed by atoms with Crippen molar-refractivity contribution in [2.75, 3.05) is 13.1 Å². The van der Waals surface area contributed by atoms with Gasteiger partial charge in [-0.25, -0.2) is 9.07 Å². The van der Waals surface area contributed by atoms with Crippen LogP contribution in [0.25, 0.3) is 11.1 Å². The largest absolute Gasteiger partial charge is 0.336 e. The van der Waals surface area contributed by atoms with Crippen molar-refractivity contribution in [1.29, 1.82) is 0 Å². The average Bonchev–Trinajstić information content (AvgIpc) is 3.26. The molecule has 1 saturated heterocycles. The maximum absolute atomic E-state index is 13.1. The Morgan fingerprint density at radius 3 is 2.32 bits per heavy atom. The number of amides is 1. The molecule has 28 heavy (non-hydrogen) atoms. The monoisotopic (exact) mass is 376 g/mol. The van der Waals surface area contributed by atoms with Gasteiger partial charge in [-0.15, -0.1) is 5.10 Å². The highest BCUT2D eigenvalue weighted by molar-refractivity contribution is 5.95. The lowest BCUT2D eigenvalue weighted by molar-refractivity contribution is 0.0787. The highest BCUT2D eigenvalue weighted by atomic mass is 19.1. The van der Waals surface area contributed by atoms with Gasteiger partial charge in [0.25, 0.3) is 5.91 Å². The molecule has 2 heterocycles. The summed E-state index contributed by atoms with van der Waals surface area (Å²) in [5.41, 5.74) is 3.65. The summed E-state index contributed by atoms with van der Waals surface area (Å²) in [5.74, 6) is 0.374. The highest BCUT2D eigenvalue weighted by Crippen LogP contribution is 2.39. The number of likely N-dealkylation sites (tertiary alicyclic amines) is 1. The van der Waals surface area contributed by atoms with E-state index in [1.807, 2.05) is 40.0 Å². The normalized spacial score (nSPS) is 19.2. The predicted octanol–water partition coefficient (Wildman–Crippen LogP) is 4.05. The first kappa shape index (κ1) is 17.1. The van der Waals surface area contributed by atoms with Crippen LogP contribution in [0.1, 0.15) is 47.3 Å². The zero-order valence-corrected chi connectivity index (χ0v) is 15.5. The molecule has 2 fully saturated rings. The quantitative estimate of drug-likeness (QED) is 0.690. The molecule has 0 N–H and O–H groups in total. The van der Waals surface area contributed by atoms with Crippen LogP contribution in [-0.2, 0) is 0 Å². The van der Waals surface area contributed by atoms with Gasteiger partial charge in [0.1, 0.15) is 5.82 Å². The molecular weight excluding hydrogens is 355 g/mol. The molecule has 5 rings (SSSR count). The third-order valence-electron chi connectivity index (χ3n) is 5.66. The summed E-state index contributed by atoms with van der Waals surface area (Å²) in [6.45, 7) is 1.38. The molecule has 3 aromatic rings. The second-order valence-electron chi connectivity index (χ2n) is 7.68. The van der Waals surface area contributed by atoms with Crippen LogP contribution >= 0.6 is 0 Å². The molecular formula is C22H21FN4O. The van der Waals surface area contributed by atoms with Crippen LogP contribution in [0.15, 0.2) is 54.7 Å². The molecule has 0 bridgehead atoms. The first-order chi connectivity index (χ1) is 13.7. The standard InChI is InChI=1S/C22H21FN4O/c23-19-9-7-16(8-10-19)15-1-5-18(6-2-15)22(28)26-12-11-20(13-26)27-14-21(24-25-27)17-3-4-17/h1-2,5-10,14,17,20H,3-4,11-13H2. The molecule has 142 valence electrons. The van der Waals surface area contributed by atoms with Gasteiger partial charge in [0, 0.05) is 30.8 Å². The highest BCUT2D eigenvalue weighted by Gasteiger charge is 2.31. The van der Waals surface area contributed by atoms with Gasteiger partial charge in [-0.2, -0.15) is 0 Å². The van der Waals surface area contributed by atoms with Crippen LogP contribution in [0.5, 0.6) is 0 Å². The second-order valence-corrected chi connectivity index (χ2v) is 7.68. The first-order valence-electron chi connectivity index (χ1n) is 9.74. The van der Waals surface area contributed by atoms with Gasteiger partial charge in [0.05, 0.1) is 11.7 Å². The van der Waals surface area contributed by atoms with Crippen molar-refractivity contribution in [1.82, 2.24) is 19.9 Å². The van der Waals surface area contributed by atoms with Gasteiger partial charge in [0.15, 0.2) is 0 Å². The number of halogens is 1. The van der Waals surface area contributed by atoms with Crippen molar-refractivity contribution in [3.05, 3.63) is 71.8 Å². The number of hydrogen-bond donors (Lipinski definition) is 0. The topological polar surface area (TPSA) is 51.0 Å². The van der Waals surface area contributed by atoms with Crippen molar-refractivity contribution < 1.29 is 9.18 Å². The minimum absolute atomic E-state index is 0.0377. The number of carbonyl (C=O) groups excluding carboxylic acids is 1. The van der Waals surface area contributed by atoms with Crippen LogP contribution < -0.4 is 0 Å². The van der Waals surface area contributed by atoms with Gasteiger partial charge in [0.2, 0.25) is 0 Å². The molecule has 2 aromatic carbocycles. The van der Waals surface area contributed by atoms with Crippen molar-refractivity contribution in [2.24, 2.45) is 0 Å². The second kappa shape index (κ2) is 6.86. The molecule has 1 aromatic heterocycles. The van der Waals surface area contributed by atoms with Crippen molar-refractivity contribution in [3.63, 3.8) is 0 Å². The molecule has 0 radical (unpaired) electrons. The van der Waals surface area contributed by atoms with E-state index in [0.717, 1.165) is 29.8 Å². The lowest BCUT2D eigenvalue weighted by Gasteiger charge is -2.17.